The summed E-state index contributed by atoms with van der Waals surface area (Å²) in [7, 11) is 0. The van der Waals surface area contributed by atoms with Gasteiger partial charge in [-0.1, -0.05) is 23.4 Å². The average Bonchev–Trinajstić information content (AvgIpc) is 2.50. The van der Waals surface area contributed by atoms with Gasteiger partial charge in [-0.3, -0.25) is 5.01 Å². The topological polar surface area (TPSA) is 48.2 Å². The van der Waals surface area contributed by atoms with Crippen molar-refractivity contribution in [2.45, 2.75) is 26.3 Å². The van der Waals surface area contributed by atoms with Crippen molar-refractivity contribution in [3.8, 4) is 0 Å². The van der Waals surface area contributed by atoms with Crippen LogP contribution in [0.1, 0.15) is 20.8 Å². The van der Waals surface area contributed by atoms with Crippen LogP contribution in [0, 0.1) is 0 Å². The van der Waals surface area contributed by atoms with Crippen molar-refractivity contribution < 1.29 is 5.21 Å². The zero-order valence-electron chi connectivity index (χ0n) is 9.68. The van der Waals surface area contributed by atoms with Crippen LogP contribution in [0.25, 0.3) is 0 Å². The van der Waals surface area contributed by atoms with Crippen LogP contribution in [-0.2, 0) is 0 Å². The summed E-state index contributed by atoms with van der Waals surface area (Å²) in [5.74, 6) is 0. The molecule has 1 aliphatic heterocycles. The molecular formula is C12H15N3O. The molecule has 4 nitrogen and oxygen atoms in total. The van der Waals surface area contributed by atoms with Crippen molar-refractivity contribution >= 4 is 17.1 Å². The van der Waals surface area contributed by atoms with Gasteiger partial charge in [0.15, 0.2) is 0 Å². The highest BCUT2D eigenvalue weighted by Crippen LogP contribution is 2.30. The molecule has 1 N–H and O–H groups in total. The largest absolute Gasteiger partial charge is 0.411 e. The lowest BCUT2D eigenvalue weighted by Gasteiger charge is -2.30. The van der Waals surface area contributed by atoms with Crippen molar-refractivity contribution in [3.05, 3.63) is 30.3 Å². The lowest BCUT2D eigenvalue weighted by Crippen LogP contribution is -2.43. The van der Waals surface area contributed by atoms with E-state index in [1.165, 1.54) is 0 Å². The number of hydrogen-bond acceptors (Lipinski definition) is 4. The maximum absolute atomic E-state index is 9.02. The third-order valence-electron chi connectivity index (χ3n) is 2.80. The van der Waals surface area contributed by atoms with E-state index in [0.717, 1.165) is 11.4 Å². The number of benzene rings is 1. The van der Waals surface area contributed by atoms with Crippen LogP contribution in [0.5, 0.6) is 0 Å². The van der Waals surface area contributed by atoms with Crippen molar-refractivity contribution in [1.29, 1.82) is 0 Å². The molecule has 0 fully saturated rings. The summed E-state index contributed by atoms with van der Waals surface area (Å²) in [6.45, 7) is 5.81. The zero-order valence-corrected chi connectivity index (χ0v) is 9.68. The minimum absolute atomic E-state index is 0.416. The van der Waals surface area contributed by atoms with E-state index in [4.69, 9.17) is 5.21 Å². The zero-order chi connectivity index (χ0) is 11.8. The first kappa shape index (κ1) is 10.7. The fourth-order valence-electron chi connectivity index (χ4n) is 2.01. The Bertz CT molecular complexity index is 449. The summed E-state index contributed by atoms with van der Waals surface area (Å²) in [5.41, 5.74) is 1.93. The number of anilines is 1. The second kappa shape index (κ2) is 3.63. The predicted octanol–water partition coefficient (Wildman–Crippen LogP) is 2.49. The summed E-state index contributed by atoms with van der Waals surface area (Å²) in [5, 5.41) is 18.7. The van der Waals surface area contributed by atoms with Crippen LogP contribution < -0.4 is 5.01 Å². The van der Waals surface area contributed by atoms with Gasteiger partial charge in [-0.2, -0.15) is 5.10 Å². The average molecular weight is 217 g/mol. The fourth-order valence-corrected chi connectivity index (χ4v) is 2.01. The molecule has 1 aliphatic rings. The molecule has 1 aromatic carbocycles. The molecule has 0 saturated carbocycles. The van der Waals surface area contributed by atoms with Crippen LogP contribution in [0.4, 0.5) is 5.69 Å². The minimum Gasteiger partial charge on any atom is -0.411 e. The van der Waals surface area contributed by atoms with E-state index < -0.39 is 5.54 Å². The number of nitrogens with zero attached hydrogens (tertiary/aromatic N) is 3. The van der Waals surface area contributed by atoms with E-state index in [1.807, 2.05) is 56.1 Å². The number of hydrogen-bond donors (Lipinski definition) is 1. The Morgan fingerprint density at radius 1 is 1.25 bits per heavy atom. The summed E-state index contributed by atoms with van der Waals surface area (Å²) in [6.07, 6.45) is 0. The third-order valence-corrected chi connectivity index (χ3v) is 2.80. The van der Waals surface area contributed by atoms with Crippen molar-refractivity contribution in [2.24, 2.45) is 10.3 Å². The molecule has 0 amide bonds. The number of para-hydroxylation sites is 1. The molecular weight excluding hydrogens is 202 g/mol. The fraction of sp³-hybridized carbons (Fsp3) is 0.333. The van der Waals surface area contributed by atoms with Gasteiger partial charge in [0.2, 0.25) is 0 Å². The molecule has 0 unspecified atom stereocenters. The first-order valence-corrected chi connectivity index (χ1v) is 5.21. The Labute approximate surface area is 94.9 Å². The highest BCUT2D eigenvalue weighted by atomic mass is 16.4. The maximum Gasteiger partial charge on any atom is 0.130 e. The lowest BCUT2D eigenvalue weighted by atomic mass is 9.96. The maximum atomic E-state index is 9.02. The highest BCUT2D eigenvalue weighted by molar-refractivity contribution is 6.46. The lowest BCUT2D eigenvalue weighted by molar-refractivity contribution is 0.316. The normalized spacial score (nSPS) is 21.3. The van der Waals surface area contributed by atoms with Gasteiger partial charge in [-0.05, 0) is 32.9 Å². The van der Waals surface area contributed by atoms with Crippen molar-refractivity contribution in [3.63, 3.8) is 0 Å². The first-order valence-electron chi connectivity index (χ1n) is 5.21. The Balaban J connectivity index is 2.46. The van der Waals surface area contributed by atoms with Crippen LogP contribution in [0.2, 0.25) is 0 Å². The third kappa shape index (κ3) is 1.46. The first-order chi connectivity index (χ1) is 7.57. The summed E-state index contributed by atoms with van der Waals surface area (Å²) >= 11 is 0. The van der Waals surface area contributed by atoms with E-state index in [1.54, 1.807) is 0 Å². The van der Waals surface area contributed by atoms with Gasteiger partial charge in [-0.15, -0.1) is 0 Å². The molecule has 2 rings (SSSR count). The van der Waals surface area contributed by atoms with Gasteiger partial charge < -0.3 is 5.21 Å². The Morgan fingerprint density at radius 3 is 2.38 bits per heavy atom. The van der Waals surface area contributed by atoms with E-state index in [9.17, 15) is 0 Å². The second-order valence-electron chi connectivity index (χ2n) is 4.34. The second-order valence-corrected chi connectivity index (χ2v) is 4.34. The SMILES string of the molecule is CC1=NN(c2ccccc2)C(C)(C)C1=NO. The predicted molar refractivity (Wildman–Crippen MR) is 65.3 cm³/mol. The molecule has 0 radical (unpaired) electrons. The molecule has 84 valence electrons. The van der Waals surface area contributed by atoms with Gasteiger partial charge in [0, 0.05) is 0 Å². The van der Waals surface area contributed by atoms with Crippen LogP contribution in [-0.4, -0.2) is 22.2 Å². The van der Waals surface area contributed by atoms with E-state index >= 15 is 0 Å². The number of rotatable bonds is 1. The van der Waals surface area contributed by atoms with Gasteiger partial charge in [0.05, 0.1) is 11.4 Å². The highest BCUT2D eigenvalue weighted by Gasteiger charge is 2.40. The molecule has 1 heterocycles. The van der Waals surface area contributed by atoms with Crippen LogP contribution >= 0.6 is 0 Å². The van der Waals surface area contributed by atoms with E-state index in [2.05, 4.69) is 10.3 Å². The van der Waals surface area contributed by atoms with Crippen LogP contribution in [0.3, 0.4) is 0 Å². The molecule has 0 saturated heterocycles. The van der Waals surface area contributed by atoms with Crippen molar-refractivity contribution in [2.75, 3.05) is 5.01 Å². The summed E-state index contributed by atoms with van der Waals surface area (Å²) in [4.78, 5) is 0. The molecule has 0 atom stereocenters. The number of oxime groups is 1. The Morgan fingerprint density at radius 2 is 1.88 bits per heavy atom. The summed E-state index contributed by atoms with van der Waals surface area (Å²) < 4.78 is 0. The van der Waals surface area contributed by atoms with Gasteiger partial charge in [0.1, 0.15) is 11.3 Å². The van der Waals surface area contributed by atoms with Gasteiger partial charge >= 0.3 is 0 Å². The number of hydrazone groups is 1. The minimum atomic E-state index is -0.416. The molecule has 0 aromatic heterocycles. The van der Waals surface area contributed by atoms with Crippen LogP contribution in [0.15, 0.2) is 40.6 Å². The quantitative estimate of drug-likeness (QED) is 0.580. The molecule has 1 aromatic rings. The molecule has 0 spiro atoms. The van der Waals surface area contributed by atoms with Gasteiger partial charge in [-0.25, -0.2) is 0 Å². The monoisotopic (exact) mass is 217 g/mol. The summed E-state index contributed by atoms with van der Waals surface area (Å²) in [6, 6.07) is 9.86. The Hall–Kier alpha value is -1.84. The standard InChI is InChI=1S/C12H15N3O/c1-9-11(14-16)12(2,3)15(13-9)10-7-5-4-6-8-10/h4-8,16H,1-3H3. The molecule has 4 heteroatoms. The van der Waals surface area contributed by atoms with Gasteiger partial charge in [0.25, 0.3) is 0 Å². The molecule has 0 bridgehead atoms. The van der Waals surface area contributed by atoms with E-state index in [-0.39, 0.29) is 0 Å². The van der Waals surface area contributed by atoms with E-state index in [0.29, 0.717) is 5.71 Å². The van der Waals surface area contributed by atoms with Crippen molar-refractivity contribution in [1.82, 2.24) is 0 Å². The molecule has 16 heavy (non-hydrogen) atoms. The molecule has 0 aliphatic carbocycles. The Kier molecular flexibility index (Phi) is 2.42. The smallest absolute Gasteiger partial charge is 0.130 e.